The first-order valence-corrected chi connectivity index (χ1v) is 15.6. The summed E-state index contributed by atoms with van der Waals surface area (Å²) in [5.41, 5.74) is 1.54. The van der Waals surface area contributed by atoms with Crippen molar-refractivity contribution in [3.63, 3.8) is 0 Å². The van der Waals surface area contributed by atoms with Crippen LogP contribution in [0.15, 0.2) is 83.8 Å². The molecule has 3 aromatic rings. The van der Waals surface area contributed by atoms with Crippen molar-refractivity contribution in [1.82, 2.24) is 14.5 Å². The summed E-state index contributed by atoms with van der Waals surface area (Å²) in [6.45, 7) is -0.720. The van der Waals surface area contributed by atoms with Gasteiger partial charge in [0.25, 0.3) is 15.9 Å². The van der Waals surface area contributed by atoms with Crippen LogP contribution in [0.4, 0.5) is 0 Å². The summed E-state index contributed by atoms with van der Waals surface area (Å²) < 4.78 is 27.1. The number of nitrogens with one attached hydrogen (secondary N) is 1. The zero-order valence-electron chi connectivity index (χ0n) is 22.5. The number of sulfonamides is 1. The summed E-state index contributed by atoms with van der Waals surface area (Å²) in [4.78, 5) is 42.3. The van der Waals surface area contributed by atoms with E-state index >= 15 is 0 Å². The van der Waals surface area contributed by atoms with Gasteiger partial charge in [-0.1, -0.05) is 85.5 Å². The average Bonchev–Trinajstić information content (AvgIpc) is 3.16. The van der Waals surface area contributed by atoms with E-state index in [4.69, 9.17) is 11.6 Å². The van der Waals surface area contributed by atoms with Crippen molar-refractivity contribution in [1.29, 1.82) is 0 Å². The van der Waals surface area contributed by atoms with Gasteiger partial charge in [-0.25, -0.2) is 12.7 Å². The summed E-state index contributed by atoms with van der Waals surface area (Å²) in [6.07, 6.45) is 5.12. The van der Waals surface area contributed by atoms with Crippen molar-refractivity contribution < 1.29 is 22.8 Å². The lowest BCUT2D eigenvalue weighted by Gasteiger charge is -2.34. The van der Waals surface area contributed by atoms with Gasteiger partial charge in [0.15, 0.2) is 0 Å². The van der Waals surface area contributed by atoms with Crippen molar-refractivity contribution >= 4 is 39.3 Å². The number of fused-ring (bicyclic) bond motifs is 1. The van der Waals surface area contributed by atoms with Crippen LogP contribution >= 0.6 is 11.6 Å². The molecule has 3 amide bonds. The number of hydrogen-bond donors (Lipinski definition) is 1. The fourth-order valence-electron chi connectivity index (χ4n) is 5.53. The molecular formula is C31H32ClN3O5S. The highest BCUT2D eigenvalue weighted by atomic mass is 35.5. The van der Waals surface area contributed by atoms with Crippen LogP contribution in [0.2, 0.25) is 5.02 Å². The van der Waals surface area contributed by atoms with Crippen LogP contribution < -0.4 is 5.32 Å². The van der Waals surface area contributed by atoms with E-state index in [0.29, 0.717) is 14.9 Å². The van der Waals surface area contributed by atoms with Gasteiger partial charge in [-0.2, -0.15) is 0 Å². The maximum absolute atomic E-state index is 14.1. The van der Waals surface area contributed by atoms with Gasteiger partial charge >= 0.3 is 0 Å². The van der Waals surface area contributed by atoms with Crippen molar-refractivity contribution in [3.8, 4) is 0 Å². The quantitative estimate of drug-likeness (QED) is 0.391. The Morgan fingerprint density at radius 2 is 1.61 bits per heavy atom. The average molecular weight is 594 g/mol. The first-order chi connectivity index (χ1) is 19.7. The first-order valence-electron chi connectivity index (χ1n) is 13.8. The second-order valence-corrected chi connectivity index (χ2v) is 12.8. The molecule has 0 saturated heterocycles. The summed E-state index contributed by atoms with van der Waals surface area (Å²) in [5, 5.41) is 3.61. The molecule has 10 heteroatoms. The van der Waals surface area contributed by atoms with E-state index < -0.39 is 34.4 Å². The lowest BCUT2D eigenvalue weighted by atomic mass is 9.94. The summed E-state index contributed by atoms with van der Waals surface area (Å²) in [5.74, 6) is -1.73. The highest BCUT2D eigenvalue weighted by Crippen LogP contribution is 2.30. The number of benzene rings is 3. The van der Waals surface area contributed by atoms with Gasteiger partial charge in [-0.15, -0.1) is 0 Å². The molecule has 0 spiro atoms. The fourth-order valence-corrected chi connectivity index (χ4v) is 7.26. The molecule has 1 N–H and O–H groups in total. The minimum absolute atomic E-state index is 0.00397. The lowest BCUT2D eigenvalue weighted by Crippen LogP contribution is -2.55. The number of carbonyl (C=O) groups excluding carboxylic acids is 3. The Labute approximate surface area is 245 Å². The van der Waals surface area contributed by atoms with E-state index in [1.165, 1.54) is 23.1 Å². The molecule has 3 aromatic carbocycles. The Hall–Kier alpha value is -3.69. The third kappa shape index (κ3) is 6.47. The van der Waals surface area contributed by atoms with Gasteiger partial charge in [0.2, 0.25) is 11.8 Å². The molecule has 1 saturated carbocycles. The molecular weight excluding hydrogens is 562 g/mol. The Morgan fingerprint density at radius 3 is 2.32 bits per heavy atom. The molecule has 5 rings (SSSR count). The maximum Gasteiger partial charge on any atom is 0.269 e. The maximum atomic E-state index is 14.1. The molecule has 1 aliphatic heterocycles. The van der Waals surface area contributed by atoms with Gasteiger partial charge in [-0.3, -0.25) is 14.4 Å². The highest BCUT2D eigenvalue weighted by molar-refractivity contribution is 7.90. The van der Waals surface area contributed by atoms with Gasteiger partial charge < -0.3 is 10.2 Å². The Morgan fingerprint density at radius 1 is 0.927 bits per heavy atom. The van der Waals surface area contributed by atoms with Crippen molar-refractivity contribution in [2.45, 2.75) is 62.0 Å². The number of halogens is 1. The molecule has 0 aromatic heterocycles. The Balaban J connectivity index is 1.49. The molecule has 1 fully saturated rings. The van der Waals surface area contributed by atoms with Crippen LogP contribution in [0, 0.1) is 0 Å². The van der Waals surface area contributed by atoms with Gasteiger partial charge in [-0.05, 0) is 48.2 Å². The standard InChI is InChI=1S/C31H32ClN3O5S/c32-24-13-9-12-23(18-24)20-34(29(36)21-35-31(38)26-16-7-8-17-28(26)41(35,39)40)27(19-22-10-3-1-4-11-22)30(37)33-25-14-5-2-6-15-25/h1,3-4,7-13,16-18,25,27H,2,5-6,14-15,19-21H2,(H,33,37)/t27-/m1/s1. The van der Waals surface area contributed by atoms with Crippen LogP contribution in [-0.2, 0) is 32.6 Å². The fraction of sp³-hybridized carbons (Fsp3) is 0.323. The van der Waals surface area contributed by atoms with Crippen LogP contribution in [0.25, 0.3) is 0 Å². The van der Waals surface area contributed by atoms with E-state index in [9.17, 15) is 22.8 Å². The highest BCUT2D eigenvalue weighted by Gasteiger charge is 2.43. The van der Waals surface area contributed by atoms with Gasteiger partial charge in [0.1, 0.15) is 17.5 Å². The molecule has 8 nitrogen and oxygen atoms in total. The largest absolute Gasteiger partial charge is 0.352 e. The molecule has 1 aliphatic carbocycles. The number of rotatable bonds is 9. The van der Waals surface area contributed by atoms with E-state index in [-0.39, 0.29) is 35.4 Å². The molecule has 0 radical (unpaired) electrons. The SMILES string of the molecule is O=C(NC1CCCCC1)[C@@H](Cc1ccccc1)N(Cc1cccc(Cl)c1)C(=O)CN1C(=O)c2ccccc2S1(=O)=O. The van der Waals surface area contributed by atoms with E-state index in [0.717, 1.165) is 37.7 Å². The van der Waals surface area contributed by atoms with E-state index in [1.807, 2.05) is 30.3 Å². The molecule has 1 heterocycles. The first kappa shape index (κ1) is 28.8. The van der Waals surface area contributed by atoms with Crippen molar-refractivity contribution in [2.24, 2.45) is 0 Å². The summed E-state index contributed by atoms with van der Waals surface area (Å²) in [6, 6.07) is 21.3. The second kappa shape index (κ2) is 12.4. The minimum atomic E-state index is -4.22. The second-order valence-electron chi connectivity index (χ2n) is 10.5. The van der Waals surface area contributed by atoms with Crippen LogP contribution in [0.3, 0.4) is 0 Å². The predicted molar refractivity (Wildman–Crippen MR) is 156 cm³/mol. The van der Waals surface area contributed by atoms with E-state index in [1.54, 1.807) is 30.3 Å². The normalized spacial score (nSPS) is 17.1. The molecule has 41 heavy (non-hydrogen) atoms. The predicted octanol–water partition coefficient (Wildman–Crippen LogP) is 4.57. The number of amides is 3. The third-order valence-electron chi connectivity index (χ3n) is 7.66. The van der Waals surface area contributed by atoms with Crippen LogP contribution in [-0.4, -0.2) is 54.0 Å². The van der Waals surface area contributed by atoms with Crippen LogP contribution in [0.1, 0.15) is 53.6 Å². The van der Waals surface area contributed by atoms with Crippen molar-refractivity contribution in [3.05, 3.63) is 101 Å². The molecule has 1 atom stereocenters. The molecule has 2 aliphatic rings. The number of hydrogen-bond acceptors (Lipinski definition) is 5. The van der Waals surface area contributed by atoms with Gasteiger partial charge in [0, 0.05) is 24.0 Å². The topological polar surface area (TPSA) is 104 Å². The number of nitrogens with zero attached hydrogens (tertiary/aromatic N) is 2. The van der Waals surface area contributed by atoms with Gasteiger partial charge in [0.05, 0.1) is 5.56 Å². The Kier molecular flexibility index (Phi) is 8.75. The minimum Gasteiger partial charge on any atom is -0.352 e. The molecule has 0 bridgehead atoms. The summed E-state index contributed by atoms with van der Waals surface area (Å²) >= 11 is 6.24. The summed E-state index contributed by atoms with van der Waals surface area (Å²) in [7, 11) is -4.22. The third-order valence-corrected chi connectivity index (χ3v) is 9.68. The zero-order valence-corrected chi connectivity index (χ0v) is 24.1. The van der Waals surface area contributed by atoms with Crippen LogP contribution in [0.5, 0.6) is 0 Å². The lowest BCUT2D eigenvalue weighted by molar-refractivity contribution is -0.141. The monoisotopic (exact) mass is 593 g/mol. The number of carbonyl (C=O) groups is 3. The van der Waals surface area contributed by atoms with Crippen molar-refractivity contribution in [2.75, 3.05) is 6.54 Å². The molecule has 214 valence electrons. The Bertz CT molecular complexity index is 1540. The zero-order chi connectivity index (χ0) is 29.0. The molecule has 0 unspecified atom stereocenters. The smallest absolute Gasteiger partial charge is 0.269 e. The van der Waals surface area contributed by atoms with E-state index in [2.05, 4.69) is 5.32 Å².